The number of fused-ring (bicyclic) bond motifs is 3. The van der Waals surface area contributed by atoms with Gasteiger partial charge in [-0.25, -0.2) is 0 Å². The third kappa shape index (κ3) is 2.27. The number of nitrogens with zero attached hydrogens (tertiary/aromatic N) is 4. The highest BCUT2D eigenvalue weighted by atomic mass is 16.6. The molecule has 5 rings (SSSR count). The number of non-ortho nitro benzene ring substituents is 1. The Morgan fingerprint density at radius 1 is 0.828 bits per heavy atom. The zero-order valence-corrected chi connectivity index (χ0v) is 14.6. The highest BCUT2D eigenvalue weighted by Gasteiger charge is 2.28. The highest BCUT2D eigenvalue weighted by molar-refractivity contribution is 6.13. The molecule has 0 saturated heterocycles. The fraction of sp³-hybridized carbons (Fsp3) is 0. The van der Waals surface area contributed by atoms with Crippen molar-refractivity contribution in [3.8, 4) is 28.1 Å². The summed E-state index contributed by atoms with van der Waals surface area (Å²) in [7, 11) is 0. The minimum absolute atomic E-state index is 0.126. The first-order chi connectivity index (χ1) is 14.0. The van der Waals surface area contributed by atoms with Crippen molar-refractivity contribution in [2.45, 2.75) is 0 Å². The SMILES string of the molecule is O=c1c2cccc3c2c(nn1-c1ccc([N+](=O)[O-])cc1[N+](=O)[O-])-c1ccccc1-3. The molecule has 1 aliphatic rings. The maximum absolute atomic E-state index is 13.1. The van der Waals surface area contributed by atoms with Crippen LogP contribution in [-0.4, -0.2) is 19.6 Å². The van der Waals surface area contributed by atoms with Gasteiger partial charge in [0.05, 0.1) is 21.3 Å². The molecular weight excluding hydrogens is 376 g/mol. The monoisotopic (exact) mass is 386 g/mol. The van der Waals surface area contributed by atoms with Gasteiger partial charge in [0.1, 0.15) is 11.4 Å². The van der Waals surface area contributed by atoms with E-state index >= 15 is 0 Å². The van der Waals surface area contributed by atoms with Crippen molar-refractivity contribution in [3.05, 3.63) is 91.2 Å². The van der Waals surface area contributed by atoms with Gasteiger partial charge in [0.15, 0.2) is 0 Å². The summed E-state index contributed by atoms with van der Waals surface area (Å²) in [5.41, 5.74) is 1.50. The van der Waals surface area contributed by atoms with Crippen LogP contribution in [0.2, 0.25) is 0 Å². The fourth-order valence-electron chi connectivity index (χ4n) is 3.75. The lowest BCUT2D eigenvalue weighted by atomic mass is 10.0. The molecule has 0 saturated carbocycles. The molecule has 1 heterocycles. The van der Waals surface area contributed by atoms with Gasteiger partial charge in [-0.1, -0.05) is 36.4 Å². The van der Waals surface area contributed by atoms with Crippen LogP contribution in [0.25, 0.3) is 38.8 Å². The van der Waals surface area contributed by atoms with Crippen molar-refractivity contribution in [2.24, 2.45) is 0 Å². The summed E-state index contributed by atoms with van der Waals surface area (Å²) < 4.78 is 0.950. The van der Waals surface area contributed by atoms with E-state index in [4.69, 9.17) is 0 Å². The zero-order chi connectivity index (χ0) is 20.3. The maximum atomic E-state index is 13.1. The van der Waals surface area contributed by atoms with E-state index in [0.29, 0.717) is 16.5 Å². The molecule has 0 N–H and O–H groups in total. The van der Waals surface area contributed by atoms with Gasteiger partial charge in [-0.05, 0) is 23.3 Å². The number of hydrogen-bond acceptors (Lipinski definition) is 6. The average molecular weight is 386 g/mol. The summed E-state index contributed by atoms with van der Waals surface area (Å²) in [5, 5.41) is 28.1. The number of benzene rings is 3. The molecule has 9 nitrogen and oxygen atoms in total. The van der Waals surface area contributed by atoms with Crippen molar-refractivity contribution in [1.82, 2.24) is 9.78 Å². The van der Waals surface area contributed by atoms with Crippen LogP contribution in [0.4, 0.5) is 11.4 Å². The van der Waals surface area contributed by atoms with E-state index in [1.54, 1.807) is 12.1 Å². The number of rotatable bonds is 3. The summed E-state index contributed by atoms with van der Waals surface area (Å²) >= 11 is 0. The molecule has 140 valence electrons. The number of nitro groups is 2. The second kappa shape index (κ2) is 5.80. The molecule has 3 aromatic carbocycles. The largest absolute Gasteiger partial charge is 0.301 e. The number of nitro benzene ring substituents is 2. The van der Waals surface area contributed by atoms with Crippen molar-refractivity contribution in [1.29, 1.82) is 0 Å². The molecule has 0 spiro atoms. The van der Waals surface area contributed by atoms with Gasteiger partial charge in [0, 0.05) is 17.0 Å². The Bertz CT molecular complexity index is 1440. The topological polar surface area (TPSA) is 121 Å². The van der Waals surface area contributed by atoms with Crippen LogP contribution >= 0.6 is 0 Å². The predicted molar refractivity (Wildman–Crippen MR) is 105 cm³/mol. The Balaban J connectivity index is 1.88. The van der Waals surface area contributed by atoms with Crippen LogP contribution in [0.15, 0.2) is 65.5 Å². The van der Waals surface area contributed by atoms with Gasteiger partial charge in [-0.3, -0.25) is 25.0 Å². The normalized spacial score (nSPS) is 11.4. The Labute approximate surface area is 161 Å². The van der Waals surface area contributed by atoms with Crippen molar-refractivity contribution >= 4 is 22.1 Å². The molecule has 4 aromatic rings. The van der Waals surface area contributed by atoms with E-state index in [9.17, 15) is 25.0 Å². The quantitative estimate of drug-likeness (QED) is 0.343. The van der Waals surface area contributed by atoms with E-state index < -0.39 is 26.8 Å². The molecule has 0 aliphatic heterocycles. The van der Waals surface area contributed by atoms with Gasteiger partial charge in [-0.15, -0.1) is 0 Å². The molecule has 1 aliphatic carbocycles. The molecule has 9 heteroatoms. The Hall–Kier alpha value is -4.40. The van der Waals surface area contributed by atoms with Gasteiger partial charge in [0.2, 0.25) is 0 Å². The van der Waals surface area contributed by atoms with E-state index in [1.807, 2.05) is 30.3 Å². The van der Waals surface area contributed by atoms with Crippen molar-refractivity contribution in [3.63, 3.8) is 0 Å². The molecule has 0 radical (unpaired) electrons. The van der Waals surface area contributed by atoms with Gasteiger partial charge >= 0.3 is 5.69 Å². The highest BCUT2D eigenvalue weighted by Crippen LogP contribution is 2.45. The van der Waals surface area contributed by atoms with Crippen LogP contribution in [0.1, 0.15) is 0 Å². The first-order valence-electron chi connectivity index (χ1n) is 8.56. The molecule has 0 fully saturated rings. The lowest BCUT2D eigenvalue weighted by molar-refractivity contribution is -0.394. The van der Waals surface area contributed by atoms with Crippen LogP contribution in [0, 0.1) is 20.2 Å². The van der Waals surface area contributed by atoms with Crippen LogP contribution in [0.3, 0.4) is 0 Å². The van der Waals surface area contributed by atoms with Crippen molar-refractivity contribution in [2.75, 3.05) is 0 Å². The van der Waals surface area contributed by atoms with E-state index in [0.717, 1.165) is 33.5 Å². The minimum atomic E-state index is -0.760. The zero-order valence-electron chi connectivity index (χ0n) is 14.6. The summed E-state index contributed by atoms with van der Waals surface area (Å²) in [6, 6.07) is 15.9. The smallest absolute Gasteiger partial charge is 0.267 e. The molecule has 0 atom stereocenters. The van der Waals surface area contributed by atoms with Crippen LogP contribution in [-0.2, 0) is 0 Å². The second-order valence-corrected chi connectivity index (χ2v) is 6.53. The lowest BCUT2D eigenvalue weighted by Gasteiger charge is -2.09. The summed E-state index contributed by atoms with van der Waals surface area (Å²) in [5.74, 6) is 0. The first-order valence-corrected chi connectivity index (χ1v) is 8.56. The minimum Gasteiger partial charge on any atom is -0.267 e. The van der Waals surface area contributed by atoms with Gasteiger partial charge in [0.25, 0.3) is 11.2 Å². The molecule has 1 aromatic heterocycles. The number of hydrogen-bond donors (Lipinski definition) is 0. The molecule has 0 unspecified atom stereocenters. The van der Waals surface area contributed by atoms with E-state index in [2.05, 4.69) is 5.10 Å². The summed E-state index contributed by atoms with van der Waals surface area (Å²) in [6.45, 7) is 0. The fourth-order valence-corrected chi connectivity index (χ4v) is 3.75. The third-order valence-electron chi connectivity index (χ3n) is 4.99. The van der Waals surface area contributed by atoms with Crippen LogP contribution in [0.5, 0.6) is 0 Å². The standard InChI is InChI=1S/C20H10N4O5/c25-20-15-7-3-6-13-12-4-1-2-5-14(12)19(18(13)15)21-22(20)16-9-8-11(23(26)27)10-17(16)24(28)29/h1-10H. The predicted octanol–water partition coefficient (Wildman–Crippen LogP) is 3.85. The molecular formula is C20H10N4O5. The van der Waals surface area contributed by atoms with Gasteiger partial charge in [-0.2, -0.15) is 9.78 Å². The number of aromatic nitrogens is 2. The first kappa shape index (κ1) is 16.8. The summed E-state index contributed by atoms with van der Waals surface area (Å²) in [6.07, 6.45) is 0. The molecule has 0 bridgehead atoms. The molecule has 0 amide bonds. The average Bonchev–Trinajstić information content (AvgIpc) is 3.05. The Morgan fingerprint density at radius 3 is 2.28 bits per heavy atom. The summed E-state index contributed by atoms with van der Waals surface area (Å²) in [4.78, 5) is 34.2. The third-order valence-corrected chi connectivity index (χ3v) is 4.99. The lowest BCUT2D eigenvalue weighted by Crippen LogP contribution is -2.22. The Morgan fingerprint density at radius 2 is 1.55 bits per heavy atom. The van der Waals surface area contributed by atoms with Gasteiger partial charge < -0.3 is 0 Å². The molecule has 29 heavy (non-hydrogen) atoms. The van der Waals surface area contributed by atoms with Crippen molar-refractivity contribution < 1.29 is 9.85 Å². The van der Waals surface area contributed by atoms with E-state index in [-0.39, 0.29) is 5.69 Å². The van der Waals surface area contributed by atoms with E-state index in [1.165, 1.54) is 6.07 Å². The Kier molecular flexibility index (Phi) is 3.35. The maximum Gasteiger partial charge on any atom is 0.301 e. The second-order valence-electron chi connectivity index (χ2n) is 6.53. The van der Waals surface area contributed by atoms with Crippen LogP contribution < -0.4 is 5.56 Å².